The van der Waals surface area contributed by atoms with Gasteiger partial charge in [0.2, 0.25) is 5.82 Å². The molecule has 0 unspecified atom stereocenters. The van der Waals surface area contributed by atoms with Gasteiger partial charge in [0.25, 0.3) is 5.91 Å². The molecule has 0 aliphatic rings. The van der Waals surface area contributed by atoms with E-state index in [1.807, 2.05) is 61.5 Å². The molecule has 0 saturated carbocycles. The second kappa shape index (κ2) is 7.98. The van der Waals surface area contributed by atoms with Gasteiger partial charge in [0, 0.05) is 11.3 Å². The zero-order chi connectivity index (χ0) is 20.2. The molecule has 1 amide bonds. The molecule has 144 valence electrons. The van der Waals surface area contributed by atoms with Gasteiger partial charge in [-0.25, -0.2) is 9.67 Å². The lowest BCUT2D eigenvalue weighted by atomic mass is 10.2. The normalized spacial score (nSPS) is 10.6. The van der Waals surface area contributed by atoms with E-state index in [1.54, 1.807) is 36.1 Å². The zero-order valence-electron chi connectivity index (χ0n) is 16.2. The van der Waals surface area contributed by atoms with E-state index < -0.39 is 0 Å². The molecule has 4 rings (SSSR count). The summed E-state index contributed by atoms with van der Waals surface area (Å²) in [7, 11) is 1.60. The van der Waals surface area contributed by atoms with Crippen molar-refractivity contribution in [3.05, 3.63) is 90.3 Å². The van der Waals surface area contributed by atoms with Gasteiger partial charge < -0.3 is 10.1 Å². The fourth-order valence-electron chi connectivity index (χ4n) is 2.98. The molecule has 6 nitrogen and oxygen atoms in total. The predicted octanol–water partition coefficient (Wildman–Crippen LogP) is 4.50. The molecule has 0 aliphatic heterocycles. The van der Waals surface area contributed by atoms with E-state index in [0.717, 1.165) is 22.6 Å². The lowest BCUT2D eigenvalue weighted by Gasteiger charge is -2.06. The maximum atomic E-state index is 12.8. The van der Waals surface area contributed by atoms with Gasteiger partial charge in [0.1, 0.15) is 5.75 Å². The molecule has 0 atom stereocenters. The van der Waals surface area contributed by atoms with Gasteiger partial charge in [-0.15, -0.1) is 5.10 Å². The van der Waals surface area contributed by atoms with E-state index in [4.69, 9.17) is 4.74 Å². The number of anilines is 1. The van der Waals surface area contributed by atoms with Crippen LogP contribution in [-0.4, -0.2) is 27.8 Å². The Morgan fingerprint density at radius 2 is 1.72 bits per heavy atom. The maximum Gasteiger partial charge on any atom is 0.295 e. The molecule has 0 fully saturated rings. The first-order valence-corrected chi connectivity index (χ1v) is 9.19. The molecule has 29 heavy (non-hydrogen) atoms. The maximum absolute atomic E-state index is 12.8. The summed E-state index contributed by atoms with van der Waals surface area (Å²) in [5, 5.41) is 7.33. The molecule has 6 heteroatoms. The molecule has 1 heterocycles. The van der Waals surface area contributed by atoms with Crippen LogP contribution in [0.25, 0.3) is 17.1 Å². The number of aromatic nitrogens is 3. The van der Waals surface area contributed by atoms with Crippen LogP contribution in [0.15, 0.2) is 78.9 Å². The molecule has 3 aromatic carbocycles. The highest BCUT2D eigenvalue weighted by atomic mass is 16.5. The largest absolute Gasteiger partial charge is 0.497 e. The summed E-state index contributed by atoms with van der Waals surface area (Å²) in [4.78, 5) is 17.3. The number of carbonyl (C=O) groups excluding carboxylic acids is 1. The van der Waals surface area contributed by atoms with Crippen LogP contribution in [0.4, 0.5) is 5.69 Å². The Morgan fingerprint density at radius 1 is 0.966 bits per heavy atom. The molecule has 0 bridgehead atoms. The minimum atomic E-state index is -0.376. The van der Waals surface area contributed by atoms with Crippen LogP contribution in [0, 0.1) is 6.92 Å². The van der Waals surface area contributed by atoms with Crippen LogP contribution in [0.3, 0.4) is 0 Å². The molecule has 0 spiro atoms. The number of rotatable bonds is 5. The van der Waals surface area contributed by atoms with Crippen LogP contribution in [0.5, 0.6) is 5.75 Å². The van der Waals surface area contributed by atoms with Crippen LogP contribution in [0.1, 0.15) is 16.2 Å². The van der Waals surface area contributed by atoms with E-state index in [2.05, 4.69) is 15.4 Å². The summed E-state index contributed by atoms with van der Waals surface area (Å²) < 4.78 is 6.84. The average molecular weight is 384 g/mol. The van der Waals surface area contributed by atoms with E-state index in [-0.39, 0.29) is 11.7 Å². The van der Waals surface area contributed by atoms with Crippen molar-refractivity contribution in [2.75, 3.05) is 12.4 Å². The number of nitrogens with one attached hydrogen (secondary N) is 1. The van der Waals surface area contributed by atoms with Crippen molar-refractivity contribution in [2.24, 2.45) is 0 Å². The summed E-state index contributed by atoms with van der Waals surface area (Å²) in [5.74, 6) is 1.05. The van der Waals surface area contributed by atoms with Crippen molar-refractivity contribution >= 4 is 11.6 Å². The van der Waals surface area contributed by atoms with Crippen molar-refractivity contribution < 1.29 is 9.53 Å². The number of carbonyl (C=O) groups is 1. The summed E-state index contributed by atoms with van der Waals surface area (Å²) >= 11 is 0. The monoisotopic (exact) mass is 384 g/mol. The Bertz CT molecular complexity index is 1140. The lowest BCUT2D eigenvalue weighted by molar-refractivity contribution is 0.101. The van der Waals surface area contributed by atoms with Crippen LogP contribution in [-0.2, 0) is 0 Å². The Hall–Kier alpha value is -3.93. The first-order chi connectivity index (χ1) is 14.1. The molecule has 0 aliphatic carbocycles. The number of ether oxygens (including phenoxy) is 1. The molecule has 1 aromatic heterocycles. The van der Waals surface area contributed by atoms with Gasteiger partial charge in [-0.1, -0.05) is 42.5 Å². The number of amides is 1. The molecule has 4 aromatic rings. The van der Waals surface area contributed by atoms with Crippen molar-refractivity contribution in [3.63, 3.8) is 0 Å². The number of methoxy groups -OCH3 is 1. The van der Waals surface area contributed by atoms with E-state index in [9.17, 15) is 4.79 Å². The van der Waals surface area contributed by atoms with Crippen molar-refractivity contribution in [1.29, 1.82) is 0 Å². The van der Waals surface area contributed by atoms with Crippen LogP contribution < -0.4 is 10.1 Å². The number of hydrogen-bond donors (Lipinski definition) is 1. The summed E-state index contributed by atoms with van der Waals surface area (Å²) in [5.41, 5.74) is 3.47. The SMILES string of the molecule is COc1ccc(NC(=O)c2nc(-c3ccccc3)n(-c3cccc(C)c3)n2)cc1. The molecular formula is C23H20N4O2. The number of aryl methyl sites for hydroxylation is 1. The van der Waals surface area contributed by atoms with Crippen molar-refractivity contribution in [1.82, 2.24) is 14.8 Å². The summed E-state index contributed by atoms with van der Waals surface area (Å²) in [6, 6.07) is 24.7. The van der Waals surface area contributed by atoms with Gasteiger partial charge in [-0.3, -0.25) is 4.79 Å². The molecule has 1 N–H and O–H groups in total. The van der Waals surface area contributed by atoms with Gasteiger partial charge in [-0.2, -0.15) is 0 Å². The zero-order valence-corrected chi connectivity index (χ0v) is 16.2. The number of benzene rings is 3. The third-order valence-electron chi connectivity index (χ3n) is 4.44. The summed E-state index contributed by atoms with van der Waals surface area (Å²) in [6.07, 6.45) is 0. The van der Waals surface area contributed by atoms with Gasteiger partial charge in [0.15, 0.2) is 5.82 Å². The first kappa shape index (κ1) is 18.4. The lowest BCUT2D eigenvalue weighted by Crippen LogP contribution is -2.14. The third kappa shape index (κ3) is 4.01. The fraction of sp³-hybridized carbons (Fsp3) is 0.0870. The van der Waals surface area contributed by atoms with Gasteiger partial charge in [0.05, 0.1) is 12.8 Å². The Kier molecular flexibility index (Phi) is 5.07. The average Bonchev–Trinajstić information content (AvgIpc) is 3.21. The standard InChI is InChI=1S/C23H20N4O2/c1-16-7-6-10-19(15-16)27-22(17-8-4-3-5-9-17)25-21(26-27)23(28)24-18-11-13-20(29-2)14-12-18/h3-15H,1-2H3,(H,24,28). The minimum absolute atomic E-state index is 0.0983. The topological polar surface area (TPSA) is 69.0 Å². The highest BCUT2D eigenvalue weighted by Crippen LogP contribution is 2.22. The van der Waals surface area contributed by atoms with Crippen LogP contribution >= 0.6 is 0 Å². The Morgan fingerprint density at radius 3 is 2.41 bits per heavy atom. The quantitative estimate of drug-likeness (QED) is 0.550. The van der Waals surface area contributed by atoms with Gasteiger partial charge >= 0.3 is 0 Å². The second-order valence-electron chi connectivity index (χ2n) is 6.56. The molecule has 0 saturated heterocycles. The first-order valence-electron chi connectivity index (χ1n) is 9.19. The number of nitrogens with zero attached hydrogens (tertiary/aromatic N) is 3. The van der Waals surface area contributed by atoms with Gasteiger partial charge in [-0.05, 0) is 48.9 Å². The Labute approximate surface area is 168 Å². The highest BCUT2D eigenvalue weighted by Gasteiger charge is 2.19. The third-order valence-corrected chi connectivity index (χ3v) is 4.44. The number of hydrogen-bond acceptors (Lipinski definition) is 4. The predicted molar refractivity (Wildman–Crippen MR) is 112 cm³/mol. The summed E-state index contributed by atoms with van der Waals surface area (Å²) in [6.45, 7) is 2.01. The van der Waals surface area contributed by atoms with Crippen LogP contribution in [0.2, 0.25) is 0 Å². The molecular weight excluding hydrogens is 364 g/mol. The smallest absolute Gasteiger partial charge is 0.295 e. The van der Waals surface area contributed by atoms with Crippen molar-refractivity contribution in [3.8, 4) is 22.8 Å². The van der Waals surface area contributed by atoms with Crippen molar-refractivity contribution in [2.45, 2.75) is 6.92 Å². The molecule has 0 radical (unpaired) electrons. The van der Waals surface area contributed by atoms with E-state index in [0.29, 0.717) is 11.5 Å². The van der Waals surface area contributed by atoms with E-state index in [1.165, 1.54) is 0 Å². The second-order valence-corrected chi connectivity index (χ2v) is 6.56. The van der Waals surface area contributed by atoms with E-state index >= 15 is 0 Å². The highest BCUT2D eigenvalue weighted by molar-refractivity contribution is 6.01. The fourth-order valence-corrected chi connectivity index (χ4v) is 2.98. The minimum Gasteiger partial charge on any atom is -0.497 e. The Balaban J connectivity index is 1.71.